The first kappa shape index (κ1) is 16.2. The first-order chi connectivity index (χ1) is 8.99. The maximum Gasteiger partial charge on any atom is 0.215 e. The number of rotatable bonds is 8. The van der Waals surface area contributed by atoms with E-state index in [1.54, 1.807) is 11.3 Å². The van der Waals surface area contributed by atoms with Crippen molar-refractivity contribution in [2.45, 2.75) is 32.4 Å². The summed E-state index contributed by atoms with van der Waals surface area (Å²) in [5.41, 5.74) is 0. The molecule has 0 aliphatic rings. The predicted molar refractivity (Wildman–Crippen MR) is 82.6 cm³/mol. The average Bonchev–Trinajstić information content (AvgIpc) is 2.79. The van der Waals surface area contributed by atoms with Gasteiger partial charge in [-0.25, -0.2) is 0 Å². The molecule has 2 atom stereocenters. The Labute approximate surface area is 120 Å². The number of aliphatic hydroxyl groups is 1. The van der Waals surface area contributed by atoms with Gasteiger partial charge in [0.25, 0.3) is 0 Å². The van der Waals surface area contributed by atoms with Gasteiger partial charge in [-0.2, -0.15) is 0 Å². The lowest BCUT2D eigenvalue weighted by molar-refractivity contribution is 0.129. The van der Waals surface area contributed by atoms with Gasteiger partial charge in [0, 0.05) is 17.8 Å². The van der Waals surface area contributed by atoms with Gasteiger partial charge in [0.1, 0.15) is 0 Å². The van der Waals surface area contributed by atoms with Gasteiger partial charge in [-0.3, -0.25) is 4.79 Å². The Kier molecular flexibility index (Phi) is 7.12. The maximum atomic E-state index is 11.2. The first-order valence-electron chi connectivity index (χ1n) is 6.67. The van der Waals surface area contributed by atoms with Crippen molar-refractivity contribution in [3.63, 3.8) is 0 Å². The normalized spacial score (nSPS) is 14.3. The molecule has 1 rings (SSSR count). The second-order valence-electron chi connectivity index (χ2n) is 5.21. The lowest BCUT2D eigenvalue weighted by Crippen LogP contribution is -2.48. The zero-order chi connectivity index (χ0) is 14.3. The molecule has 1 amide bonds. The molecule has 6 heteroatoms. The maximum absolute atomic E-state index is 11.2. The standard InChI is InChI=1S/C13H23BN2O2S/c1-9(2)7-15-8-12(17)11(16-13(14)18)6-10-4-3-5-19-10/h3-5,9,11-12,15,17H,6-8,14H2,1-2H3,(H,16,18)/t11-,12+/m1/s1. The van der Waals surface area contributed by atoms with Crippen molar-refractivity contribution in [3.8, 4) is 0 Å². The molecule has 0 radical (unpaired) electrons. The SMILES string of the molecule is BC(=O)N[C@H](Cc1cccs1)[C@@H](O)CNCC(C)C. The molecule has 0 fully saturated rings. The number of thiophene rings is 1. The molecule has 4 nitrogen and oxygen atoms in total. The van der Waals surface area contributed by atoms with Crippen LogP contribution in [0.2, 0.25) is 0 Å². The summed E-state index contributed by atoms with van der Waals surface area (Å²) in [5, 5.41) is 18.3. The topological polar surface area (TPSA) is 61.4 Å². The molecule has 1 aromatic rings. The Morgan fingerprint density at radius 2 is 2.21 bits per heavy atom. The molecular formula is C13H23BN2O2S. The third-order valence-electron chi connectivity index (χ3n) is 2.76. The summed E-state index contributed by atoms with van der Waals surface area (Å²) in [5.74, 6) is 0.438. The minimum absolute atomic E-state index is 0.107. The molecule has 0 saturated carbocycles. The molecule has 19 heavy (non-hydrogen) atoms. The summed E-state index contributed by atoms with van der Waals surface area (Å²) in [6.07, 6.45) is 0.0895. The van der Waals surface area contributed by atoms with Crippen LogP contribution in [0.5, 0.6) is 0 Å². The molecule has 0 unspecified atom stereocenters. The van der Waals surface area contributed by atoms with Crippen molar-refractivity contribution in [1.82, 2.24) is 10.6 Å². The third kappa shape index (κ3) is 6.75. The van der Waals surface area contributed by atoms with Crippen molar-refractivity contribution in [2.24, 2.45) is 5.92 Å². The van der Waals surface area contributed by atoms with E-state index in [0.717, 1.165) is 6.54 Å². The van der Waals surface area contributed by atoms with Gasteiger partial charge in [0.2, 0.25) is 7.85 Å². The molecule has 0 aliphatic heterocycles. The van der Waals surface area contributed by atoms with Gasteiger partial charge in [-0.1, -0.05) is 19.9 Å². The molecule has 0 spiro atoms. The summed E-state index contributed by atoms with van der Waals surface area (Å²) in [6, 6.07) is 3.76. The van der Waals surface area contributed by atoms with Crippen LogP contribution in [0.25, 0.3) is 0 Å². The highest BCUT2D eigenvalue weighted by molar-refractivity contribution is 7.09. The summed E-state index contributed by atoms with van der Waals surface area (Å²) in [7, 11) is 1.48. The van der Waals surface area contributed by atoms with Crippen LogP contribution in [0.3, 0.4) is 0 Å². The lowest BCUT2D eigenvalue weighted by Gasteiger charge is -2.24. The second kappa shape index (κ2) is 8.35. The van der Waals surface area contributed by atoms with Crippen LogP contribution < -0.4 is 10.6 Å². The van der Waals surface area contributed by atoms with Crippen LogP contribution in [0, 0.1) is 5.92 Å². The highest BCUT2D eigenvalue weighted by atomic mass is 32.1. The average molecular weight is 282 g/mol. The van der Waals surface area contributed by atoms with Gasteiger partial charge in [-0.15, -0.1) is 11.3 Å². The lowest BCUT2D eigenvalue weighted by atomic mass is 10.0. The summed E-state index contributed by atoms with van der Waals surface area (Å²) in [6.45, 7) is 5.60. The number of hydrogen-bond acceptors (Lipinski definition) is 4. The second-order valence-corrected chi connectivity index (χ2v) is 6.24. The minimum atomic E-state index is -0.579. The largest absolute Gasteiger partial charge is 0.390 e. The van der Waals surface area contributed by atoms with Crippen LogP contribution in [0.15, 0.2) is 17.5 Å². The number of hydrogen-bond donors (Lipinski definition) is 3. The van der Waals surface area contributed by atoms with Crippen LogP contribution in [0.4, 0.5) is 4.79 Å². The molecule has 0 aliphatic carbocycles. The van der Waals surface area contributed by atoms with Gasteiger partial charge >= 0.3 is 0 Å². The van der Waals surface area contributed by atoms with Gasteiger partial charge in [0.15, 0.2) is 5.81 Å². The number of aliphatic hydroxyl groups excluding tert-OH is 1. The van der Waals surface area contributed by atoms with Gasteiger partial charge < -0.3 is 15.7 Å². The third-order valence-corrected chi connectivity index (χ3v) is 3.66. The van der Waals surface area contributed by atoms with Gasteiger partial charge in [0.05, 0.1) is 12.1 Å². The van der Waals surface area contributed by atoms with Crippen molar-refractivity contribution < 1.29 is 9.90 Å². The summed E-state index contributed by atoms with van der Waals surface area (Å²) in [4.78, 5) is 12.4. The molecule has 1 aromatic heterocycles. The van der Waals surface area contributed by atoms with E-state index in [-0.39, 0.29) is 11.8 Å². The van der Waals surface area contributed by atoms with E-state index in [1.807, 2.05) is 17.5 Å². The summed E-state index contributed by atoms with van der Waals surface area (Å²) >= 11 is 1.64. The first-order valence-corrected chi connectivity index (χ1v) is 7.55. The van der Waals surface area contributed by atoms with E-state index < -0.39 is 6.10 Å². The highest BCUT2D eigenvalue weighted by Gasteiger charge is 2.20. The van der Waals surface area contributed by atoms with Crippen molar-refractivity contribution in [1.29, 1.82) is 0 Å². The van der Waals surface area contributed by atoms with E-state index >= 15 is 0 Å². The highest BCUT2D eigenvalue weighted by Crippen LogP contribution is 2.12. The van der Waals surface area contributed by atoms with Crippen LogP contribution in [0.1, 0.15) is 18.7 Å². The Hall–Kier alpha value is -0.845. The molecule has 0 bridgehead atoms. The van der Waals surface area contributed by atoms with Crippen LogP contribution >= 0.6 is 11.3 Å². The number of nitrogens with one attached hydrogen (secondary N) is 2. The Morgan fingerprint density at radius 1 is 1.47 bits per heavy atom. The molecule has 106 valence electrons. The minimum Gasteiger partial charge on any atom is -0.390 e. The molecule has 1 heterocycles. The van der Waals surface area contributed by atoms with E-state index in [9.17, 15) is 9.90 Å². The Morgan fingerprint density at radius 3 is 2.74 bits per heavy atom. The predicted octanol–water partition coefficient (Wildman–Crippen LogP) is 0.608. The Balaban J connectivity index is 2.49. The zero-order valence-corrected chi connectivity index (χ0v) is 12.7. The van der Waals surface area contributed by atoms with E-state index in [0.29, 0.717) is 18.9 Å². The van der Waals surface area contributed by atoms with Gasteiger partial charge in [-0.05, 0) is 23.9 Å². The molecule has 0 aromatic carbocycles. The van der Waals surface area contributed by atoms with E-state index in [1.165, 1.54) is 12.7 Å². The number of carbonyl (C=O) groups excluding carboxylic acids is 1. The van der Waals surface area contributed by atoms with Crippen molar-refractivity contribution in [2.75, 3.05) is 13.1 Å². The fourth-order valence-electron chi connectivity index (χ4n) is 1.85. The van der Waals surface area contributed by atoms with E-state index in [4.69, 9.17) is 0 Å². The number of carbonyl (C=O) groups is 1. The zero-order valence-electron chi connectivity index (χ0n) is 11.8. The van der Waals surface area contributed by atoms with Crippen LogP contribution in [-0.4, -0.2) is 44.0 Å². The fraction of sp³-hybridized carbons (Fsp3) is 0.615. The number of amides is 1. The smallest absolute Gasteiger partial charge is 0.215 e. The summed E-state index contributed by atoms with van der Waals surface area (Å²) < 4.78 is 0. The Bertz CT molecular complexity index is 371. The van der Waals surface area contributed by atoms with Crippen molar-refractivity contribution in [3.05, 3.63) is 22.4 Å². The fourth-order valence-corrected chi connectivity index (χ4v) is 2.62. The molecule has 3 N–H and O–H groups in total. The van der Waals surface area contributed by atoms with Crippen LogP contribution in [-0.2, 0) is 6.42 Å². The molecule has 0 saturated heterocycles. The van der Waals surface area contributed by atoms with E-state index in [2.05, 4.69) is 24.5 Å². The molecular weight excluding hydrogens is 259 g/mol. The quantitative estimate of drug-likeness (QED) is 0.612. The van der Waals surface area contributed by atoms with Crippen molar-refractivity contribution >= 4 is 25.0 Å². The monoisotopic (exact) mass is 282 g/mol.